The molecule has 0 bridgehead atoms. The lowest BCUT2D eigenvalue weighted by Crippen LogP contribution is -2.43. The van der Waals surface area contributed by atoms with Gasteiger partial charge in [-0.1, -0.05) is 25.7 Å². The van der Waals surface area contributed by atoms with Crippen molar-refractivity contribution in [1.29, 1.82) is 0 Å². The van der Waals surface area contributed by atoms with Crippen LogP contribution in [0.1, 0.15) is 38.5 Å². The van der Waals surface area contributed by atoms with Gasteiger partial charge in [0, 0.05) is 13.7 Å². The van der Waals surface area contributed by atoms with Gasteiger partial charge in [-0.05, 0) is 12.8 Å². The minimum atomic E-state index is -0.807. The van der Waals surface area contributed by atoms with Gasteiger partial charge < -0.3 is 19.9 Å². The van der Waals surface area contributed by atoms with Crippen molar-refractivity contribution in [2.45, 2.75) is 38.5 Å². The second kappa shape index (κ2) is 8.92. The summed E-state index contributed by atoms with van der Waals surface area (Å²) in [6.45, 7) is 0.925. The van der Waals surface area contributed by atoms with Gasteiger partial charge in [-0.2, -0.15) is 0 Å². The van der Waals surface area contributed by atoms with Crippen LogP contribution in [0.25, 0.3) is 0 Å². The van der Waals surface area contributed by atoms with E-state index in [2.05, 4.69) is 5.32 Å². The molecule has 1 saturated carbocycles. The van der Waals surface area contributed by atoms with Crippen LogP contribution in [0, 0.1) is 5.41 Å². The normalized spacial score (nSPS) is 18.2. The fourth-order valence-corrected chi connectivity index (χ4v) is 2.50. The molecule has 2 N–H and O–H groups in total. The van der Waals surface area contributed by atoms with Crippen molar-refractivity contribution in [1.82, 2.24) is 5.32 Å². The number of carboxylic acids is 1. The molecule has 1 aliphatic carbocycles. The average Bonchev–Trinajstić information content (AvgIpc) is 2.68. The summed E-state index contributed by atoms with van der Waals surface area (Å²) < 4.78 is 9.92. The number of hydrogen-bond donors (Lipinski definition) is 2. The van der Waals surface area contributed by atoms with Crippen LogP contribution in [-0.2, 0) is 19.1 Å². The first-order chi connectivity index (χ1) is 9.60. The van der Waals surface area contributed by atoms with Gasteiger partial charge in [-0.25, -0.2) is 0 Å². The molecule has 0 unspecified atom stereocenters. The van der Waals surface area contributed by atoms with Crippen LogP contribution in [0.3, 0.4) is 0 Å². The number of hydrogen-bond acceptors (Lipinski definition) is 4. The molecule has 0 saturated heterocycles. The Hall–Kier alpha value is -1.14. The lowest BCUT2D eigenvalue weighted by atomic mass is 9.80. The second-order valence-electron chi connectivity index (χ2n) is 5.32. The summed E-state index contributed by atoms with van der Waals surface area (Å²) >= 11 is 0. The highest BCUT2D eigenvalue weighted by Crippen LogP contribution is 2.34. The topological polar surface area (TPSA) is 84.9 Å². The summed E-state index contributed by atoms with van der Waals surface area (Å²) in [5.41, 5.74) is -0.807. The molecule has 0 aromatic rings. The molecular weight excluding hydrogens is 262 g/mol. The van der Waals surface area contributed by atoms with Crippen LogP contribution >= 0.6 is 0 Å². The minimum absolute atomic E-state index is 0.0565. The third kappa shape index (κ3) is 5.46. The van der Waals surface area contributed by atoms with E-state index < -0.39 is 11.4 Å². The molecule has 1 fully saturated rings. The molecule has 1 aliphatic rings. The van der Waals surface area contributed by atoms with Gasteiger partial charge in [0.25, 0.3) is 0 Å². The van der Waals surface area contributed by atoms with E-state index in [9.17, 15) is 14.7 Å². The quantitative estimate of drug-likeness (QED) is 0.517. The van der Waals surface area contributed by atoms with Gasteiger partial charge in [-0.3, -0.25) is 9.59 Å². The van der Waals surface area contributed by atoms with Crippen LogP contribution in [-0.4, -0.2) is 50.5 Å². The molecule has 1 amide bonds. The minimum Gasteiger partial charge on any atom is -0.481 e. The Morgan fingerprint density at radius 3 is 2.35 bits per heavy atom. The van der Waals surface area contributed by atoms with Crippen LogP contribution in [0.15, 0.2) is 0 Å². The SMILES string of the molecule is COCCOCC(=O)NCC1(C(=O)O)CCCCCC1. The highest BCUT2D eigenvalue weighted by Gasteiger charge is 2.38. The monoisotopic (exact) mass is 287 g/mol. The first kappa shape index (κ1) is 16.9. The molecule has 116 valence electrons. The van der Waals surface area contributed by atoms with Crippen molar-refractivity contribution in [2.24, 2.45) is 5.41 Å². The Morgan fingerprint density at radius 1 is 1.15 bits per heavy atom. The number of nitrogens with one attached hydrogen (secondary N) is 1. The number of methoxy groups -OCH3 is 1. The number of ether oxygens (including phenoxy) is 2. The van der Waals surface area contributed by atoms with E-state index in [1.165, 1.54) is 0 Å². The fourth-order valence-electron chi connectivity index (χ4n) is 2.50. The van der Waals surface area contributed by atoms with E-state index in [1.807, 2.05) is 0 Å². The Labute approximate surface area is 119 Å². The molecular formula is C14H25NO5. The Morgan fingerprint density at radius 2 is 1.80 bits per heavy atom. The maximum atomic E-state index is 11.6. The zero-order valence-corrected chi connectivity index (χ0v) is 12.2. The van der Waals surface area contributed by atoms with Gasteiger partial charge >= 0.3 is 5.97 Å². The van der Waals surface area contributed by atoms with E-state index in [4.69, 9.17) is 9.47 Å². The lowest BCUT2D eigenvalue weighted by Gasteiger charge is -2.28. The molecule has 0 aromatic heterocycles. The van der Waals surface area contributed by atoms with Crippen molar-refractivity contribution in [2.75, 3.05) is 33.5 Å². The zero-order chi connectivity index (χ0) is 14.8. The molecule has 0 atom stereocenters. The number of carbonyl (C=O) groups is 2. The van der Waals surface area contributed by atoms with Gasteiger partial charge in [0.05, 0.1) is 18.6 Å². The van der Waals surface area contributed by atoms with Gasteiger partial charge in [0.15, 0.2) is 0 Å². The Balaban J connectivity index is 2.38. The third-order valence-electron chi connectivity index (χ3n) is 3.80. The van der Waals surface area contributed by atoms with Gasteiger partial charge in [0.2, 0.25) is 5.91 Å². The van der Waals surface area contributed by atoms with E-state index >= 15 is 0 Å². The Kier molecular flexibility index (Phi) is 7.54. The molecule has 1 rings (SSSR count). The summed E-state index contributed by atoms with van der Waals surface area (Å²) in [6.07, 6.45) is 5.23. The molecule has 6 heteroatoms. The van der Waals surface area contributed by atoms with Gasteiger partial charge in [-0.15, -0.1) is 0 Å². The van der Waals surface area contributed by atoms with Crippen molar-refractivity contribution in [3.8, 4) is 0 Å². The molecule has 0 spiro atoms. The fraction of sp³-hybridized carbons (Fsp3) is 0.857. The van der Waals surface area contributed by atoms with E-state index in [0.717, 1.165) is 25.7 Å². The summed E-state index contributed by atoms with van der Waals surface area (Å²) in [7, 11) is 1.56. The maximum Gasteiger partial charge on any atom is 0.311 e. The van der Waals surface area contributed by atoms with Crippen molar-refractivity contribution < 1.29 is 24.2 Å². The maximum absolute atomic E-state index is 11.6. The summed E-state index contributed by atoms with van der Waals surface area (Å²) in [5, 5.41) is 12.2. The van der Waals surface area contributed by atoms with Crippen LogP contribution in [0.4, 0.5) is 0 Å². The molecule has 20 heavy (non-hydrogen) atoms. The summed E-state index contributed by atoms with van der Waals surface area (Å²) in [5.74, 6) is -1.08. The lowest BCUT2D eigenvalue weighted by molar-refractivity contribution is -0.150. The van der Waals surface area contributed by atoms with Crippen LogP contribution in [0.5, 0.6) is 0 Å². The van der Waals surface area contributed by atoms with Crippen molar-refractivity contribution in [3.63, 3.8) is 0 Å². The number of aliphatic carboxylic acids is 1. The molecule has 0 radical (unpaired) electrons. The number of carbonyl (C=O) groups excluding carboxylic acids is 1. The van der Waals surface area contributed by atoms with Crippen LogP contribution in [0.2, 0.25) is 0 Å². The zero-order valence-electron chi connectivity index (χ0n) is 12.2. The van der Waals surface area contributed by atoms with E-state index in [0.29, 0.717) is 26.1 Å². The highest BCUT2D eigenvalue weighted by molar-refractivity contribution is 5.79. The van der Waals surface area contributed by atoms with Crippen LogP contribution < -0.4 is 5.32 Å². The van der Waals surface area contributed by atoms with Gasteiger partial charge in [0.1, 0.15) is 6.61 Å². The average molecular weight is 287 g/mol. The first-order valence-electron chi connectivity index (χ1n) is 7.17. The molecule has 0 aliphatic heterocycles. The smallest absolute Gasteiger partial charge is 0.311 e. The van der Waals surface area contributed by atoms with Crippen molar-refractivity contribution in [3.05, 3.63) is 0 Å². The van der Waals surface area contributed by atoms with E-state index in [-0.39, 0.29) is 19.1 Å². The predicted octanol–water partition coefficient (Wildman–Crippen LogP) is 1.19. The standard InChI is InChI=1S/C14H25NO5/c1-19-8-9-20-10-12(16)15-11-14(13(17)18)6-4-2-3-5-7-14/h2-11H2,1H3,(H,15,16)(H,17,18). The highest BCUT2D eigenvalue weighted by atomic mass is 16.5. The number of carboxylic acid groups (broad SMARTS) is 1. The summed E-state index contributed by atoms with van der Waals surface area (Å²) in [6, 6.07) is 0. The number of amides is 1. The summed E-state index contributed by atoms with van der Waals surface area (Å²) in [4.78, 5) is 23.2. The molecule has 6 nitrogen and oxygen atoms in total. The second-order valence-corrected chi connectivity index (χ2v) is 5.32. The first-order valence-corrected chi connectivity index (χ1v) is 7.17. The largest absolute Gasteiger partial charge is 0.481 e. The molecule has 0 aromatic carbocycles. The third-order valence-corrected chi connectivity index (χ3v) is 3.80. The van der Waals surface area contributed by atoms with Crippen molar-refractivity contribution >= 4 is 11.9 Å². The number of rotatable bonds is 8. The predicted molar refractivity (Wildman–Crippen MR) is 73.5 cm³/mol. The Bertz CT molecular complexity index is 311. The molecule has 0 heterocycles. The van der Waals surface area contributed by atoms with E-state index in [1.54, 1.807) is 7.11 Å².